The molecule has 0 N–H and O–H groups in total. The molecular formula is C21H33N3O3S. The highest BCUT2D eigenvalue weighted by Gasteiger charge is 2.33. The first-order valence-electron chi connectivity index (χ1n) is 9.93. The molecule has 0 radical (unpaired) electrons. The molecular weight excluding hydrogens is 374 g/mol. The second kappa shape index (κ2) is 9.67. The van der Waals surface area contributed by atoms with E-state index in [0.29, 0.717) is 26.2 Å². The van der Waals surface area contributed by atoms with Crippen LogP contribution in [0.15, 0.2) is 35.7 Å². The Bertz CT molecular complexity index is 759. The molecule has 0 aliphatic carbocycles. The molecule has 1 aliphatic heterocycles. The molecule has 0 aromatic heterocycles. The second-order valence-electron chi connectivity index (χ2n) is 7.80. The molecule has 1 amide bonds. The van der Waals surface area contributed by atoms with Crippen molar-refractivity contribution in [2.45, 2.75) is 52.7 Å². The van der Waals surface area contributed by atoms with Crippen molar-refractivity contribution in [1.29, 1.82) is 0 Å². The zero-order valence-corrected chi connectivity index (χ0v) is 18.4. The molecule has 0 spiro atoms. The molecule has 1 aromatic carbocycles. The van der Waals surface area contributed by atoms with E-state index in [2.05, 4.69) is 4.90 Å². The van der Waals surface area contributed by atoms with Crippen LogP contribution in [0.5, 0.6) is 0 Å². The number of amides is 1. The Morgan fingerprint density at radius 1 is 0.964 bits per heavy atom. The number of piperazine rings is 1. The maximum absolute atomic E-state index is 12.9. The van der Waals surface area contributed by atoms with Crippen LogP contribution in [0.25, 0.3) is 6.08 Å². The van der Waals surface area contributed by atoms with Gasteiger partial charge in [0.05, 0.1) is 6.04 Å². The van der Waals surface area contributed by atoms with Crippen LogP contribution in [-0.2, 0) is 14.8 Å². The number of rotatable bonds is 7. The van der Waals surface area contributed by atoms with E-state index in [-0.39, 0.29) is 24.0 Å². The van der Waals surface area contributed by atoms with Crippen LogP contribution in [0.3, 0.4) is 0 Å². The van der Waals surface area contributed by atoms with E-state index in [1.165, 1.54) is 9.71 Å². The van der Waals surface area contributed by atoms with Gasteiger partial charge in [0, 0.05) is 43.7 Å². The van der Waals surface area contributed by atoms with E-state index in [9.17, 15) is 13.2 Å². The third-order valence-corrected chi connectivity index (χ3v) is 6.70. The maximum atomic E-state index is 12.9. The summed E-state index contributed by atoms with van der Waals surface area (Å²) in [7, 11) is -3.46. The van der Waals surface area contributed by atoms with Gasteiger partial charge in [-0.2, -0.15) is 4.31 Å². The first-order chi connectivity index (χ1) is 13.1. The van der Waals surface area contributed by atoms with Gasteiger partial charge in [0.2, 0.25) is 15.9 Å². The Kier molecular flexibility index (Phi) is 7.80. The van der Waals surface area contributed by atoms with Gasteiger partial charge in [-0.3, -0.25) is 9.69 Å². The van der Waals surface area contributed by atoms with Crippen molar-refractivity contribution < 1.29 is 13.2 Å². The van der Waals surface area contributed by atoms with Crippen molar-refractivity contribution in [1.82, 2.24) is 14.1 Å². The van der Waals surface area contributed by atoms with Crippen LogP contribution in [-0.4, -0.2) is 72.7 Å². The van der Waals surface area contributed by atoms with Crippen molar-refractivity contribution in [3.8, 4) is 0 Å². The lowest BCUT2D eigenvalue weighted by molar-refractivity contribution is -0.140. The fourth-order valence-electron chi connectivity index (χ4n) is 3.64. The SMILES string of the molecule is CC(C)N(C(=O)[C@H](C)N1CCN(S(=O)(=O)/C=C/c2ccccc2)CC1)C(C)C. The van der Waals surface area contributed by atoms with Crippen LogP contribution in [0, 0.1) is 0 Å². The number of benzene rings is 1. The topological polar surface area (TPSA) is 60.9 Å². The first-order valence-corrected chi connectivity index (χ1v) is 11.4. The van der Waals surface area contributed by atoms with Crippen LogP contribution in [0.4, 0.5) is 0 Å². The summed E-state index contributed by atoms with van der Waals surface area (Å²) in [6, 6.07) is 9.41. The summed E-state index contributed by atoms with van der Waals surface area (Å²) in [6.07, 6.45) is 1.62. The van der Waals surface area contributed by atoms with Crippen LogP contribution >= 0.6 is 0 Å². The van der Waals surface area contributed by atoms with Gasteiger partial charge in [-0.05, 0) is 46.3 Å². The van der Waals surface area contributed by atoms with Crippen molar-refractivity contribution >= 4 is 22.0 Å². The Hall–Kier alpha value is -1.70. The number of carbonyl (C=O) groups excluding carboxylic acids is 1. The summed E-state index contributed by atoms with van der Waals surface area (Å²) in [5, 5.41) is 1.27. The number of hydrogen-bond acceptors (Lipinski definition) is 4. The molecule has 6 nitrogen and oxygen atoms in total. The molecule has 7 heteroatoms. The highest BCUT2D eigenvalue weighted by molar-refractivity contribution is 7.92. The highest BCUT2D eigenvalue weighted by atomic mass is 32.2. The highest BCUT2D eigenvalue weighted by Crippen LogP contribution is 2.16. The normalized spacial score (nSPS) is 18.1. The first kappa shape index (κ1) is 22.6. The summed E-state index contributed by atoms with van der Waals surface area (Å²) in [5.74, 6) is 0.102. The van der Waals surface area contributed by atoms with Crippen molar-refractivity contribution in [3.05, 3.63) is 41.3 Å². The molecule has 156 valence electrons. The average molecular weight is 408 g/mol. The Labute approximate surface area is 169 Å². The quantitative estimate of drug-likeness (QED) is 0.697. The van der Waals surface area contributed by atoms with Crippen molar-refractivity contribution in [2.75, 3.05) is 26.2 Å². The third-order valence-electron chi connectivity index (χ3n) is 5.14. The molecule has 1 aromatic rings. The molecule has 28 heavy (non-hydrogen) atoms. The lowest BCUT2D eigenvalue weighted by Gasteiger charge is -2.40. The predicted octanol–water partition coefficient (Wildman–Crippen LogP) is 2.64. The summed E-state index contributed by atoms with van der Waals surface area (Å²) >= 11 is 0. The third kappa shape index (κ3) is 5.65. The zero-order valence-electron chi connectivity index (χ0n) is 17.6. The summed E-state index contributed by atoms with van der Waals surface area (Å²) in [4.78, 5) is 16.9. The monoisotopic (exact) mass is 407 g/mol. The number of sulfonamides is 1. The zero-order chi connectivity index (χ0) is 20.9. The lowest BCUT2D eigenvalue weighted by Crippen LogP contribution is -2.57. The fraction of sp³-hybridized carbons (Fsp3) is 0.571. The van der Waals surface area contributed by atoms with Gasteiger partial charge in [-0.15, -0.1) is 0 Å². The number of nitrogens with zero attached hydrogens (tertiary/aromatic N) is 3. The maximum Gasteiger partial charge on any atom is 0.240 e. The van der Waals surface area contributed by atoms with Gasteiger partial charge in [0.25, 0.3) is 0 Å². The average Bonchev–Trinajstić information content (AvgIpc) is 2.66. The smallest absolute Gasteiger partial charge is 0.240 e. The fourth-order valence-corrected chi connectivity index (χ4v) is 4.81. The van der Waals surface area contributed by atoms with E-state index in [1.807, 2.05) is 69.9 Å². The van der Waals surface area contributed by atoms with E-state index in [4.69, 9.17) is 0 Å². The van der Waals surface area contributed by atoms with Crippen molar-refractivity contribution in [2.24, 2.45) is 0 Å². The molecule has 1 atom stereocenters. The molecule has 0 saturated carbocycles. The van der Waals surface area contributed by atoms with Crippen LogP contribution < -0.4 is 0 Å². The molecule has 0 bridgehead atoms. The van der Waals surface area contributed by atoms with Crippen LogP contribution in [0.1, 0.15) is 40.2 Å². The summed E-state index contributed by atoms with van der Waals surface area (Å²) < 4.78 is 26.7. The minimum absolute atomic E-state index is 0.102. The number of hydrogen-bond donors (Lipinski definition) is 0. The van der Waals surface area contributed by atoms with Gasteiger partial charge in [-0.1, -0.05) is 30.3 Å². The largest absolute Gasteiger partial charge is 0.336 e. The molecule has 0 unspecified atom stereocenters. The predicted molar refractivity (Wildman–Crippen MR) is 114 cm³/mol. The number of carbonyl (C=O) groups is 1. The van der Waals surface area contributed by atoms with Gasteiger partial charge < -0.3 is 4.90 Å². The van der Waals surface area contributed by atoms with Gasteiger partial charge >= 0.3 is 0 Å². The van der Waals surface area contributed by atoms with Gasteiger partial charge in [0.1, 0.15) is 0 Å². The van der Waals surface area contributed by atoms with Crippen LogP contribution in [0.2, 0.25) is 0 Å². The minimum atomic E-state index is -3.46. The van der Waals surface area contributed by atoms with E-state index in [1.54, 1.807) is 6.08 Å². The summed E-state index contributed by atoms with van der Waals surface area (Å²) in [5.41, 5.74) is 0.853. The molecule has 1 aliphatic rings. The molecule has 1 saturated heterocycles. The Balaban J connectivity index is 1.98. The van der Waals surface area contributed by atoms with Gasteiger partial charge in [-0.25, -0.2) is 8.42 Å². The minimum Gasteiger partial charge on any atom is -0.336 e. The summed E-state index contributed by atoms with van der Waals surface area (Å²) in [6.45, 7) is 11.9. The van der Waals surface area contributed by atoms with E-state index >= 15 is 0 Å². The molecule has 2 rings (SSSR count). The van der Waals surface area contributed by atoms with E-state index in [0.717, 1.165) is 5.56 Å². The molecule has 1 heterocycles. The van der Waals surface area contributed by atoms with E-state index < -0.39 is 10.0 Å². The van der Waals surface area contributed by atoms with Crippen molar-refractivity contribution in [3.63, 3.8) is 0 Å². The van der Waals surface area contributed by atoms with Gasteiger partial charge in [0.15, 0.2) is 0 Å². The lowest BCUT2D eigenvalue weighted by atomic mass is 10.1. The second-order valence-corrected chi connectivity index (χ2v) is 9.62. The molecule has 1 fully saturated rings. The Morgan fingerprint density at radius 3 is 2.00 bits per heavy atom. The Morgan fingerprint density at radius 2 is 1.50 bits per heavy atom. The standard InChI is InChI=1S/C21H33N3O3S/c1-17(2)24(18(3)4)21(25)19(5)22-12-14-23(15-13-22)28(26,27)16-11-20-9-7-6-8-10-20/h6-11,16-19H,12-15H2,1-5H3/b16-11+/t19-/m0/s1.